The maximum absolute atomic E-state index is 13.3. The van der Waals surface area contributed by atoms with Crippen LogP contribution < -0.4 is 4.74 Å². The molecule has 118 valence electrons. The van der Waals surface area contributed by atoms with Crippen molar-refractivity contribution >= 4 is 11.6 Å². The molecule has 0 fully saturated rings. The van der Waals surface area contributed by atoms with Crippen molar-refractivity contribution in [2.45, 2.75) is 13.3 Å². The molecule has 5 heteroatoms. The maximum atomic E-state index is 13.3. The molecule has 0 aromatic heterocycles. The van der Waals surface area contributed by atoms with Crippen LogP contribution in [-0.2, 0) is 0 Å². The van der Waals surface area contributed by atoms with E-state index in [1.165, 1.54) is 23.2 Å². The van der Waals surface area contributed by atoms with Crippen molar-refractivity contribution in [1.29, 1.82) is 0 Å². The molecule has 1 aliphatic rings. The van der Waals surface area contributed by atoms with Gasteiger partial charge in [-0.3, -0.25) is 4.79 Å². The Morgan fingerprint density at radius 2 is 2.09 bits per heavy atom. The average Bonchev–Trinajstić information content (AvgIpc) is 3.04. The minimum atomic E-state index is -0.426. The summed E-state index contributed by atoms with van der Waals surface area (Å²) in [6, 6.07) is 11.5. The molecule has 1 aliphatic heterocycles. The molecule has 0 bridgehead atoms. The van der Waals surface area contributed by atoms with Gasteiger partial charge in [0.1, 0.15) is 11.6 Å². The minimum absolute atomic E-state index is 0.287. The Balaban J connectivity index is 1.83. The van der Waals surface area contributed by atoms with Crippen LogP contribution in [0.3, 0.4) is 0 Å². The van der Waals surface area contributed by atoms with Gasteiger partial charge in [0.15, 0.2) is 0 Å². The van der Waals surface area contributed by atoms with Crippen LogP contribution in [0.25, 0.3) is 0 Å². The summed E-state index contributed by atoms with van der Waals surface area (Å²) in [7, 11) is 1.63. The molecule has 0 aliphatic carbocycles. The van der Waals surface area contributed by atoms with Crippen molar-refractivity contribution in [3.05, 3.63) is 65.0 Å². The quantitative estimate of drug-likeness (QED) is 0.872. The lowest BCUT2D eigenvalue weighted by Gasteiger charge is -2.11. The molecule has 1 amide bonds. The Morgan fingerprint density at radius 3 is 2.78 bits per heavy atom. The van der Waals surface area contributed by atoms with E-state index in [0.717, 1.165) is 22.6 Å². The zero-order chi connectivity index (χ0) is 16.4. The third-order valence-electron chi connectivity index (χ3n) is 3.84. The predicted molar refractivity (Wildman–Crippen MR) is 86.3 cm³/mol. The fraction of sp³-hybridized carbons (Fsp3) is 0.222. The van der Waals surface area contributed by atoms with Gasteiger partial charge in [0, 0.05) is 12.0 Å². The molecule has 0 unspecified atom stereocenters. The number of methoxy groups -OCH3 is 1. The van der Waals surface area contributed by atoms with E-state index in [9.17, 15) is 9.18 Å². The van der Waals surface area contributed by atoms with E-state index in [1.807, 2.05) is 25.1 Å². The Kier molecular flexibility index (Phi) is 4.10. The largest absolute Gasteiger partial charge is 0.496 e. The second kappa shape index (κ2) is 6.20. The molecule has 0 N–H and O–H groups in total. The highest BCUT2D eigenvalue weighted by Crippen LogP contribution is 2.22. The van der Waals surface area contributed by atoms with Gasteiger partial charge in [-0.05, 0) is 54.4 Å². The summed E-state index contributed by atoms with van der Waals surface area (Å²) < 4.78 is 18.5. The summed E-state index contributed by atoms with van der Waals surface area (Å²) in [5.74, 6) is 0.106. The normalized spacial score (nSPS) is 13.9. The van der Waals surface area contributed by atoms with Gasteiger partial charge in [0.25, 0.3) is 5.91 Å². The summed E-state index contributed by atoms with van der Waals surface area (Å²) in [5, 5.41) is 5.79. The fourth-order valence-electron chi connectivity index (χ4n) is 2.64. The van der Waals surface area contributed by atoms with Gasteiger partial charge in [-0.25, -0.2) is 9.40 Å². The number of carbonyl (C=O) groups excluding carboxylic acids is 1. The number of hydrogen-bond donors (Lipinski definition) is 0. The first-order chi connectivity index (χ1) is 11.1. The van der Waals surface area contributed by atoms with E-state index in [2.05, 4.69) is 5.10 Å². The first-order valence-corrected chi connectivity index (χ1v) is 7.38. The highest BCUT2D eigenvalue weighted by atomic mass is 19.1. The van der Waals surface area contributed by atoms with E-state index < -0.39 is 5.82 Å². The number of aryl methyl sites for hydroxylation is 1. The molecule has 0 spiro atoms. The predicted octanol–water partition coefficient (Wildman–Crippen LogP) is 3.39. The molecule has 0 saturated heterocycles. The Hall–Kier alpha value is -2.69. The number of hydrogen-bond acceptors (Lipinski definition) is 3. The second-order valence-corrected chi connectivity index (χ2v) is 5.42. The van der Waals surface area contributed by atoms with Crippen LogP contribution >= 0.6 is 0 Å². The van der Waals surface area contributed by atoms with Crippen molar-refractivity contribution in [2.75, 3.05) is 13.7 Å². The van der Waals surface area contributed by atoms with Gasteiger partial charge in [-0.1, -0.05) is 6.07 Å². The summed E-state index contributed by atoms with van der Waals surface area (Å²) >= 11 is 0. The number of rotatable bonds is 3. The topological polar surface area (TPSA) is 41.9 Å². The Bertz CT molecular complexity index is 786. The minimum Gasteiger partial charge on any atom is -0.496 e. The fourth-order valence-corrected chi connectivity index (χ4v) is 2.64. The molecular formula is C18H17FN2O2. The smallest absolute Gasteiger partial charge is 0.274 e. The molecule has 0 radical (unpaired) electrons. The van der Waals surface area contributed by atoms with E-state index in [4.69, 9.17) is 4.74 Å². The average molecular weight is 312 g/mol. The van der Waals surface area contributed by atoms with Crippen molar-refractivity contribution in [3.8, 4) is 5.75 Å². The van der Waals surface area contributed by atoms with Crippen molar-refractivity contribution in [3.63, 3.8) is 0 Å². The summed E-state index contributed by atoms with van der Waals surface area (Å²) in [4.78, 5) is 12.4. The van der Waals surface area contributed by atoms with Gasteiger partial charge >= 0.3 is 0 Å². The molecule has 0 atom stereocenters. The molecule has 1 heterocycles. The number of hydrazone groups is 1. The van der Waals surface area contributed by atoms with Crippen LogP contribution in [0.5, 0.6) is 5.75 Å². The van der Waals surface area contributed by atoms with Gasteiger partial charge in [-0.2, -0.15) is 5.10 Å². The van der Waals surface area contributed by atoms with Crippen LogP contribution in [0.15, 0.2) is 47.6 Å². The molecule has 4 nitrogen and oxygen atoms in total. The number of benzene rings is 2. The second-order valence-electron chi connectivity index (χ2n) is 5.42. The highest BCUT2D eigenvalue weighted by molar-refractivity contribution is 6.04. The van der Waals surface area contributed by atoms with E-state index in [1.54, 1.807) is 13.2 Å². The number of carbonyl (C=O) groups is 1. The molecule has 23 heavy (non-hydrogen) atoms. The van der Waals surface area contributed by atoms with Gasteiger partial charge in [-0.15, -0.1) is 0 Å². The highest BCUT2D eigenvalue weighted by Gasteiger charge is 2.23. The van der Waals surface area contributed by atoms with Gasteiger partial charge in [0.2, 0.25) is 0 Å². The number of halogens is 1. The zero-order valence-electron chi connectivity index (χ0n) is 13.0. The van der Waals surface area contributed by atoms with Crippen molar-refractivity contribution < 1.29 is 13.9 Å². The lowest BCUT2D eigenvalue weighted by Crippen LogP contribution is -2.23. The van der Waals surface area contributed by atoms with Gasteiger partial charge < -0.3 is 4.74 Å². The van der Waals surface area contributed by atoms with Gasteiger partial charge in [0.05, 0.1) is 19.4 Å². The van der Waals surface area contributed by atoms with E-state index >= 15 is 0 Å². The first-order valence-electron chi connectivity index (χ1n) is 7.38. The molecule has 3 rings (SSSR count). The zero-order valence-corrected chi connectivity index (χ0v) is 13.0. The summed E-state index contributed by atoms with van der Waals surface area (Å²) in [5.41, 5.74) is 3.14. The van der Waals surface area contributed by atoms with E-state index in [-0.39, 0.29) is 5.91 Å². The van der Waals surface area contributed by atoms with Crippen LogP contribution in [0.1, 0.15) is 27.9 Å². The molecule has 2 aromatic carbocycles. The molecule has 0 saturated carbocycles. The molecular weight excluding hydrogens is 295 g/mol. The van der Waals surface area contributed by atoms with Crippen molar-refractivity contribution in [1.82, 2.24) is 5.01 Å². The summed E-state index contributed by atoms with van der Waals surface area (Å²) in [6.07, 6.45) is 0.673. The summed E-state index contributed by atoms with van der Waals surface area (Å²) in [6.45, 7) is 2.46. The Morgan fingerprint density at radius 1 is 1.26 bits per heavy atom. The van der Waals surface area contributed by atoms with Crippen LogP contribution in [-0.4, -0.2) is 30.3 Å². The third kappa shape index (κ3) is 3.08. The van der Waals surface area contributed by atoms with Crippen LogP contribution in [0.2, 0.25) is 0 Å². The van der Waals surface area contributed by atoms with Crippen molar-refractivity contribution in [2.24, 2.45) is 5.10 Å². The maximum Gasteiger partial charge on any atom is 0.274 e. The number of ether oxygens (including phenoxy) is 1. The number of amides is 1. The lowest BCUT2D eigenvalue weighted by atomic mass is 10.0. The van der Waals surface area contributed by atoms with Crippen LogP contribution in [0.4, 0.5) is 4.39 Å². The standard InChI is InChI=1S/C18H17FN2O2/c1-12-10-13(6-7-17(12)23-2)16-8-9-21(20-16)18(22)14-4-3-5-15(19)11-14/h3-7,10-11H,8-9H2,1-2H3. The SMILES string of the molecule is COc1ccc(C2=NN(C(=O)c3cccc(F)c3)CC2)cc1C. The third-order valence-corrected chi connectivity index (χ3v) is 3.84. The molecule has 2 aromatic rings. The first kappa shape index (κ1) is 15.2. The number of nitrogens with zero attached hydrogens (tertiary/aromatic N) is 2. The Labute approximate surface area is 134 Å². The monoisotopic (exact) mass is 312 g/mol. The van der Waals surface area contributed by atoms with Crippen LogP contribution in [0, 0.1) is 12.7 Å². The van der Waals surface area contributed by atoms with E-state index in [0.29, 0.717) is 18.5 Å². The lowest BCUT2D eigenvalue weighted by molar-refractivity contribution is 0.0778.